The summed E-state index contributed by atoms with van der Waals surface area (Å²) in [5.74, 6) is 2.57. The third kappa shape index (κ3) is 4.33. The Morgan fingerprint density at radius 3 is 2.24 bits per heavy atom. The predicted octanol–water partition coefficient (Wildman–Crippen LogP) is 4.84. The molecule has 0 unspecified atom stereocenters. The van der Waals surface area contributed by atoms with Crippen LogP contribution >= 0.6 is 0 Å². The van der Waals surface area contributed by atoms with Crippen molar-refractivity contribution in [1.29, 1.82) is 0 Å². The van der Waals surface area contributed by atoms with Crippen molar-refractivity contribution in [2.75, 3.05) is 13.2 Å². The van der Waals surface area contributed by atoms with E-state index in [2.05, 4.69) is 12.1 Å². The summed E-state index contributed by atoms with van der Waals surface area (Å²) in [5.41, 5.74) is 1.30. The zero-order valence-electron chi connectivity index (χ0n) is 12.3. The van der Waals surface area contributed by atoms with Crippen molar-refractivity contribution in [1.82, 2.24) is 0 Å². The van der Waals surface area contributed by atoms with Gasteiger partial charge in [-0.25, -0.2) is 0 Å². The van der Waals surface area contributed by atoms with Crippen molar-refractivity contribution in [3.63, 3.8) is 0 Å². The molecule has 1 saturated carbocycles. The highest BCUT2D eigenvalue weighted by atomic mass is 16.5. The molecule has 0 heterocycles. The molecule has 0 atom stereocenters. The standard InChI is InChI=1S/C19H22O2/c1-2-7-18(8-3-1)21-19-11-9-16(10-12-19)13-14-20-15-17-5-4-6-17/h1-3,7-12,17H,4-6,13-15H2. The Hall–Kier alpha value is -1.80. The summed E-state index contributed by atoms with van der Waals surface area (Å²) in [4.78, 5) is 0. The minimum absolute atomic E-state index is 0.815. The summed E-state index contributed by atoms with van der Waals surface area (Å²) >= 11 is 0. The lowest BCUT2D eigenvalue weighted by Crippen LogP contribution is -2.18. The topological polar surface area (TPSA) is 18.5 Å². The molecule has 2 heteroatoms. The van der Waals surface area contributed by atoms with Crippen LogP contribution in [0.4, 0.5) is 0 Å². The number of ether oxygens (including phenoxy) is 2. The summed E-state index contributed by atoms with van der Waals surface area (Å²) in [5, 5.41) is 0. The molecule has 0 bridgehead atoms. The molecule has 21 heavy (non-hydrogen) atoms. The van der Waals surface area contributed by atoms with Gasteiger partial charge in [0.25, 0.3) is 0 Å². The van der Waals surface area contributed by atoms with E-state index >= 15 is 0 Å². The van der Waals surface area contributed by atoms with Crippen LogP contribution in [0.2, 0.25) is 0 Å². The third-order valence-corrected chi connectivity index (χ3v) is 4.02. The van der Waals surface area contributed by atoms with Crippen molar-refractivity contribution in [2.24, 2.45) is 5.92 Å². The highest BCUT2D eigenvalue weighted by Gasteiger charge is 2.16. The number of para-hydroxylation sites is 1. The van der Waals surface area contributed by atoms with Crippen molar-refractivity contribution in [2.45, 2.75) is 25.7 Å². The fraction of sp³-hybridized carbons (Fsp3) is 0.368. The van der Waals surface area contributed by atoms with E-state index in [9.17, 15) is 0 Å². The number of benzene rings is 2. The Balaban J connectivity index is 1.43. The minimum Gasteiger partial charge on any atom is -0.457 e. The Bertz CT molecular complexity index is 529. The molecule has 0 amide bonds. The van der Waals surface area contributed by atoms with Crippen molar-refractivity contribution in [3.8, 4) is 11.5 Å². The summed E-state index contributed by atoms with van der Waals surface area (Å²) in [6, 6.07) is 18.1. The van der Waals surface area contributed by atoms with Gasteiger partial charge >= 0.3 is 0 Å². The lowest BCUT2D eigenvalue weighted by molar-refractivity contribution is 0.0722. The van der Waals surface area contributed by atoms with Crippen LogP contribution in [0, 0.1) is 5.92 Å². The molecule has 2 nitrogen and oxygen atoms in total. The maximum Gasteiger partial charge on any atom is 0.127 e. The number of hydrogen-bond acceptors (Lipinski definition) is 2. The third-order valence-electron chi connectivity index (χ3n) is 4.02. The van der Waals surface area contributed by atoms with Crippen LogP contribution in [-0.2, 0) is 11.2 Å². The van der Waals surface area contributed by atoms with E-state index < -0.39 is 0 Å². The van der Waals surface area contributed by atoms with Gasteiger partial charge in [-0.15, -0.1) is 0 Å². The van der Waals surface area contributed by atoms with Gasteiger partial charge in [0.1, 0.15) is 11.5 Å². The molecule has 0 aromatic heterocycles. The van der Waals surface area contributed by atoms with Gasteiger partial charge in [-0.2, -0.15) is 0 Å². The van der Waals surface area contributed by atoms with Crippen LogP contribution in [0.25, 0.3) is 0 Å². The van der Waals surface area contributed by atoms with Gasteiger partial charge in [-0.05, 0) is 55.0 Å². The molecule has 1 aliphatic rings. The summed E-state index contributed by atoms with van der Waals surface area (Å²) in [6.07, 6.45) is 5.06. The number of rotatable bonds is 7. The zero-order chi connectivity index (χ0) is 14.3. The molecule has 2 aromatic carbocycles. The first-order valence-electron chi connectivity index (χ1n) is 7.80. The van der Waals surface area contributed by atoms with Crippen LogP contribution in [0.1, 0.15) is 24.8 Å². The molecule has 1 aliphatic carbocycles. The van der Waals surface area contributed by atoms with Gasteiger partial charge in [-0.1, -0.05) is 36.8 Å². The normalized spacial score (nSPS) is 14.7. The zero-order valence-corrected chi connectivity index (χ0v) is 12.3. The first-order chi connectivity index (χ1) is 10.4. The molecule has 2 aromatic rings. The van der Waals surface area contributed by atoms with Gasteiger partial charge in [0, 0.05) is 6.61 Å². The van der Waals surface area contributed by atoms with Crippen LogP contribution < -0.4 is 4.74 Å². The van der Waals surface area contributed by atoms with E-state index in [1.165, 1.54) is 24.8 Å². The van der Waals surface area contributed by atoms with Crippen LogP contribution in [0.15, 0.2) is 54.6 Å². The Morgan fingerprint density at radius 2 is 1.57 bits per heavy atom. The lowest BCUT2D eigenvalue weighted by atomic mass is 9.86. The average molecular weight is 282 g/mol. The SMILES string of the molecule is c1ccc(Oc2ccc(CCOCC3CCC3)cc2)cc1. The summed E-state index contributed by atoms with van der Waals surface area (Å²) < 4.78 is 11.5. The fourth-order valence-corrected chi connectivity index (χ4v) is 2.45. The van der Waals surface area contributed by atoms with Crippen molar-refractivity contribution in [3.05, 3.63) is 60.2 Å². The molecule has 0 saturated heterocycles. The smallest absolute Gasteiger partial charge is 0.127 e. The highest BCUT2D eigenvalue weighted by molar-refractivity contribution is 5.32. The predicted molar refractivity (Wildman–Crippen MR) is 84.8 cm³/mol. The van der Waals surface area contributed by atoms with Gasteiger partial charge in [0.05, 0.1) is 6.61 Å². The lowest BCUT2D eigenvalue weighted by Gasteiger charge is -2.24. The van der Waals surface area contributed by atoms with Gasteiger partial charge < -0.3 is 9.47 Å². The summed E-state index contributed by atoms with van der Waals surface area (Å²) in [6.45, 7) is 1.75. The van der Waals surface area contributed by atoms with Crippen LogP contribution in [0.3, 0.4) is 0 Å². The minimum atomic E-state index is 0.815. The second-order valence-corrected chi connectivity index (χ2v) is 5.68. The van der Waals surface area contributed by atoms with Gasteiger partial charge in [0.15, 0.2) is 0 Å². The van der Waals surface area contributed by atoms with Crippen LogP contribution in [-0.4, -0.2) is 13.2 Å². The van der Waals surface area contributed by atoms with E-state index in [0.29, 0.717) is 0 Å². The number of hydrogen-bond donors (Lipinski definition) is 0. The van der Waals surface area contributed by atoms with Crippen LogP contribution in [0.5, 0.6) is 11.5 Å². The van der Waals surface area contributed by atoms with E-state index in [1.54, 1.807) is 0 Å². The highest BCUT2D eigenvalue weighted by Crippen LogP contribution is 2.26. The Labute approximate surface area is 126 Å². The monoisotopic (exact) mass is 282 g/mol. The Morgan fingerprint density at radius 1 is 0.857 bits per heavy atom. The molecular weight excluding hydrogens is 260 g/mol. The van der Waals surface area contributed by atoms with Crippen molar-refractivity contribution < 1.29 is 9.47 Å². The molecule has 0 N–H and O–H groups in total. The maximum absolute atomic E-state index is 5.78. The van der Waals surface area contributed by atoms with Crippen molar-refractivity contribution >= 4 is 0 Å². The molecule has 1 fully saturated rings. The Kier molecular flexibility index (Phi) is 4.90. The summed E-state index contributed by atoms with van der Waals surface area (Å²) in [7, 11) is 0. The van der Waals surface area contributed by atoms with E-state index in [0.717, 1.165) is 37.1 Å². The first-order valence-corrected chi connectivity index (χ1v) is 7.80. The molecule has 3 rings (SSSR count). The largest absolute Gasteiger partial charge is 0.457 e. The second kappa shape index (κ2) is 7.28. The quantitative estimate of drug-likeness (QED) is 0.677. The maximum atomic E-state index is 5.78. The fourth-order valence-electron chi connectivity index (χ4n) is 2.45. The van der Waals surface area contributed by atoms with E-state index in [1.807, 2.05) is 42.5 Å². The van der Waals surface area contributed by atoms with Gasteiger partial charge in [-0.3, -0.25) is 0 Å². The molecule has 0 spiro atoms. The van der Waals surface area contributed by atoms with E-state index in [-0.39, 0.29) is 0 Å². The molecular formula is C19H22O2. The van der Waals surface area contributed by atoms with Gasteiger partial charge in [0.2, 0.25) is 0 Å². The average Bonchev–Trinajstić information content (AvgIpc) is 2.48. The first kappa shape index (κ1) is 14.2. The molecule has 0 aliphatic heterocycles. The van der Waals surface area contributed by atoms with E-state index in [4.69, 9.17) is 9.47 Å². The second-order valence-electron chi connectivity index (χ2n) is 5.68. The molecule has 110 valence electrons. The molecule has 0 radical (unpaired) electrons.